The van der Waals surface area contributed by atoms with Gasteiger partial charge in [0.2, 0.25) is 5.52 Å². The Bertz CT molecular complexity index is 1750. The van der Waals surface area contributed by atoms with E-state index in [1.807, 2.05) is 36.4 Å². The molecule has 1 heterocycles. The molecule has 0 bridgehead atoms. The van der Waals surface area contributed by atoms with E-state index in [1.54, 1.807) is 47.4 Å². The van der Waals surface area contributed by atoms with E-state index in [0.717, 1.165) is 24.8 Å². The zero-order valence-corrected chi connectivity index (χ0v) is 26.8. The van der Waals surface area contributed by atoms with E-state index >= 15 is 0 Å². The van der Waals surface area contributed by atoms with Gasteiger partial charge in [-0.05, 0) is 42.8 Å². The van der Waals surface area contributed by atoms with Gasteiger partial charge in [0.05, 0.1) is 29.1 Å². The van der Waals surface area contributed by atoms with Gasteiger partial charge in [-0.15, -0.1) is 0 Å². The quantitative estimate of drug-likeness (QED) is 0.114. The van der Waals surface area contributed by atoms with Gasteiger partial charge in [0, 0.05) is 22.1 Å². The number of aromatic amines is 1. The molecule has 0 saturated heterocycles. The third-order valence-corrected chi connectivity index (χ3v) is 8.39. The lowest BCUT2D eigenvalue weighted by atomic mass is 10.0. The molecule has 0 spiro atoms. The number of carbonyl (C=O) groups excluding carboxylic acids is 2. The van der Waals surface area contributed by atoms with Crippen LogP contribution < -0.4 is 20.1 Å². The number of phenols is 1. The molecule has 1 aromatic heterocycles. The number of phenolic OH excluding ortho intramolecular Hbond substituents is 1. The number of aromatic nitrogens is 3. The fourth-order valence-corrected chi connectivity index (χ4v) is 5.87. The minimum atomic E-state index is -0.467. The van der Waals surface area contributed by atoms with Gasteiger partial charge in [0.25, 0.3) is 5.91 Å². The molecule has 3 N–H and O–H groups in total. The van der Waals surface area contributed by atoms with Crippen molar-refractivity contribution < 1.29 is 24.5 Å². The van der Waals surface area contributed by atoms with Crippen LogP contribution in [0.1, 0.15) is 81.5 Å². The van der Waals surface area contributed by atoms with Crippen LogP contribution in [0.25, 0.3) is 21.8 Å². The predicted molar refractivity (Wildman–Crippen MR) is 183 cm³/mol. The summed E-state index contributed by atoms with van der Waals surface area (Å²) in [6.07, 6.45) is 11.9. The molecule has 240 valence electrons. The number of rotatable bonds is 15. The number of hydrogen-bond donors (Lipinski definition) is 2. The average molecular weight is 623 g/mol. The SMILES string of the molecule is CCCCCCCCCCCCN(C(=O)n1nc2ccccc2[nH+]1)c1cccc2c(O)c(C(=O)Nc3ccccc3OC)ccc12. The van der Waals surface area contributed by atoms with Crippen LogP contribution in [-0.4, -0.2) is 40.6 Å². The van der Waals surface area contributed by atoms with Crippen LogP contribution in [0.4, 0.5) is 16.2 Å². The van der Waals surface area contributed by atoms with Crippen molar-refractivity contribution in [1.82, 2.24) is 9.90 Å². The number of nitrogens with one attached hydrogen (secondary N) is 2. The lowest BCUT2D eigenvalue weighted by molar-refractivity contribution is -0.451. The Morgan fingerprint density at radius 2 is 1.52 bits per heavy atom. The van der Waals surface area contributed by atoms with E-state index in [-0.39, 0.29) is 17.3 Å². The zero-order valence-electron chi connectivity index (χ0n) is 26.8. The fourth-order valence-electron chi connectivity index (χ4n) is 5.87. The first-order chi connectivity index (χ1) is 22.5. The standard InChI is InChI=1S/C37H43N5O4/c1-3-4-5-6-7-8-9-10-11-16-26-41(37(45)42-39-30-19-12-13-20-31(30)40-42)33-22-17-18-28-27(33)24-25-29(35(28)43)36(44)38-32-21-14-15-23-34(32)46-2/h12-15,17-25,43H,3-11,16,26H2,1-2H3,(H,38,44)/p+1. The molecule has 9 nitrogen and oxygen atoms in total. The van der Waals surface area contributed by atoms with Gasteiger partial charge in [0.1, 0.15) is 11.5 Å². The van der Waals surface area contributed by atoms with E-state index in [1.165, 1.54) is 56.9 Å². The summed E-state index contributed by atoms with van der Waals surface area (Å²) in [5.41, 5.74) is 2.71. The summed E-state index contributed by atoms with van der Waals surface area (Å²) in [5, 5.41) is 22.9. The molecule has 4 aromatic carbocycles. The van der Waals surface area contributed by atoms with Crippen molar-refractivity contribution in [2.24, 2.45) is 0 Å². The van der Waals surface area contributed by atoms with E-state index in [4.69, 9.17) is 4.74 Å². The molecule has 5 aromatic rings. The molecule has 0 fully saturated rings. The second-order valence-corrected chi connectivity index (χ2v) is 11.6. The highest BCUT2D eigenvalue weighted by atomic mass is 16.5. The van der Waals surface area contributed by atoms with Gasteiger partial charge >= 0.3 is 6.03 Å². The smallest absolute Gasteiger partial charge is 0.405 e. The second-order valence-electron chi connectivity index (χ2n) is 11.6. The molecular weight excluding hydrogens is 578 g/mol. The maximum atomic E-state index is 14.0. The summed E-state index contributed by atoms with van der Waals surface area (Å²) in [6.45, 7) is 2.72. The molecule has 5 rings (SSSR count). The molecule has 9 heteroatoms. The number of fused-ring (bicyclic) bond motifs is 2. The van der Waals surface area contributed by atoms with E-state index < -0.39 is 5.91 Å². The summed E-state index contributed by atoms with van der Waals surface area (Å²) in [6, 6.07) is 23.1. The molecular formula is C37H44N5O4+. The summed E-state index contributed by atoms with van der Waals surface area (Å²) in [7, 11) is 1.53. The predicted octanol–water partition coefficient (Wildman–Crippen LogP) is 8.37. The highest BCUT2D eigenvalue weighted by Crippen LogP contribution is 2.36. The van der Waals surface area contributed by atoms with Crippen molar-refractivity contribution in [3.63, 3.8) is 0 Å². The third kappa shape index (κ3) is 7.65. The summed E-state index contributed by atoms with van der Waals surface area (Å²) in [5.74, 6) is -0.109. The largest absolute Gasteiger partial charge is 0.506 e. The Morgan fingerprint density at radius 3 is 2.26 bits per heavy atom. The third-order valence-electron chi connectivity index (χ3n) is 8.39. The van der Waals surface area contributed by atoms with Crippen molar-refractivity contribution in [1.29, 1.82) is 0 Å². The molecule has 0 atom stereocenters. The Hall–Kier alpha value is -4.92. The van der Waals surface area contributed by atoms with Gasteiger partial charge in [0.15, 0.2) is 5.52 Å². The number of ether oxygens (including phenoxy) is 1. The first-order valence-corrected chi connectivity index (χ1v) is 16.4. The van der Waals surface area contributed by atoms with Crippen molar-refractivity contribution in [2.75, 3.05) is 23.9 Å². The van der Waals surface area contributed by atoms with Crippen LogP contribution >= 0.6 is 0 Å². The highest BCUT2D eigenvalue weighted by Gasteiger charge is 2.27. The number of methoxy groups -OCH3 is 1. The van der Waals surface area contributed by atoms with E-state index in [0.29, 0.717) is 40.0 Å². The van der Waals surface area contributed by atoms with Gasteiger partial charge in [-0.3, -0.25) is 9.69 Å². The number of amides is 2. The molecule has 0 aliphatic rings. The number of H-pyrrole nitrogens is 1. The number of nitrogens with zero attached hydrogens (tertiary/aromatic N) is 3. The molecule has 0 saturated carbocycles. The Morgan fingerprint density at radius 1 is 0.826 bits per heavy atom. The van der Waals surface area contributed by atoms with Crippen LogP contribution in [0.5, 0.6) is 11.5 Å². The Kier molecular flexibility index (Phi) is 11.2. The average Bonchev–Trinajstić information content (AvgIpc) is 3.52. The van der Waals surface area contributed by atoms with Gasteiger partial charge < -0.3 is 15.2 Å². The molecule has 2 amide bonds. The van der Waals surface area contributed by atoms with Crippen LogP contribution in [0.3, 0.4) is 0 Å². The molecule has 0 radical (unpaired) electrons. The minimum absolute atomic E-state index is 0.120. The van der Waals surface area contributed by atoms with Gasteiger partial charge in [-0.25, -0.2) is 4.79 Å². The van der Waals surface area contributed by atoms with Crippen molar-refractivity contribution in [3.05, 3.63) is 84.4 Å². The van der Waals surface area contributed by atoms with Crippen LogP contribution in [0.2, 0.25) is 0 Å². The number of hydrogen-bond acceptors (Lipinski definition) is 5. The Balaban J connectivity index is 1.38. The number of anilines is 2. The number of aromatic hydroxyl groups is 1. The summed E-state index contributed by atoms with van der Waals surface area (Å²) >= 11 is 0. The maximum Gasteiger partial charge on any atom is 0.405 e. The van der Waals surface area contributed by atoms with Crippen LogP contribution in [0, 0.1) is 0 Å². The molecule has 0 aliphatic heterocycles. The van der Waals surface area contributed by atoms with Gasteiger partial charge in [-0.2, -0.15) is 5.10 Å². The number of carbonyl (C=O) groups is 2. The highest BCUT2D eigenvalue weighted by molar-refractivity contribution is 6.13. The summed E-state index contributed by atoms with van der Waals surface area (Å²) < 4.78 is 5.36. The monoisotopic (exact) mass is 622 g/mol. The van der Waals surface area contributed by atoms with Crippen molar-refractivity contribution >= 4 is 45.1 Å². The summed E-state index contributed by atoms with van der Waals surface area (Å²) in [4.78, 5) is 30.3. The maximum absolute atomic E-state index is 14.0. The first kappa shape index (κ1) is 32.5. The van der Waals surface area contributed by atoms with Gasteiger partial charge in [-0.1, -0.05) is 107 Å². The lowest BCUT2D eigenvalue weighted by Gasteiger charge is -2.23. The lowest BCUT2D eigenvalue weighted by Crippen LogP contribution is -2.41. The van der Waals surface area contributed by atoms with Crippen LogP contribution in [-0.2, 0) is 0 Å². The number of para-hydroxylation sites is 3. The normalized spacial score (nSPS) is 11.2. The molecule has 0 aliphatic carbocycles. The number of benzene rings is 4. The first-order valence-electron chi connectivity index (χ1n) is 16.4. The second kappa shape index (κ2) is 15.9. The molecule has 46 heavy (non-hydrogen) atoms. The molecule has 0 unspecified atom stereocenters. The zero-order chi connectivity index (χ0) is 32.3. The minimum Gasteiger partial charge on any atom is -0.506 e. The van der Waals surface area contributed by atoms with E-state index in [2.05, 4.69) is 22.4 Å². The number of unbranched alkanes of at least 4 members (excludes halogenated alkanes) is 9. The topological polar surface area (TPSA) is 111 Å². The fraction of sp³-hybridized carbons (Fsp3) is 0.351. The van der Waals surface area contributed by atoms with Crippen molar-refractivity contribution in [2.45, 2.75) is 71.1 Å². The van der Waals surface area contributed by atoms with Crippen molar-refractivity contribution in [3.8, 4) is 11.5 Å². The Labute approximate surface area is 270 Å². The van der Waals surface area contributed by atoms with E-state index in [9.17, 15) is 14.7 Å². The van der Waals surface area contributed by atoms with Crippen LogP contribution in [0.15, 0.2) is 78.9 Å².